The minimum atomic E-state index is 0.0941. The van der Waals surface area contributed by atoms with Gasteiger partial charge in [-0.25, -0.2) is 4.85 Å². The first-order valence-electron chi connectivity index (χ1n) is 17.2. The van der Waals surface area contributed by atoms with Gasteiger partial charge in [0.25, 0.3) is 0 Å². The molecule has 4 aromatic carbocycles. The molecule has 0 saturated heterocycles. The molecule has 0 aliphatic heterocycles. The lowest BCUT2D eigenvalue weighted by atomic mass is 9.92. The van der Waals surface area contributed by atoms with Crippen LogP contribution in [0.25, 0.3) is 16.0 Å². The SMILES string of the molecule is [C-]#[N+]c1cncc(COc2cc(OCc3cccc(-c4cccc(COc5cc(OCc6cncc(C#N)c6)c(C=O)cc5Cl)c4C)c3C)c(Cl)cc2OC)c1. The minimum Gasteiger partial charge on any atom is -0.493 e. The van der Waals surface area contributed by atoms with Crippen LogP contribution in [0, 0.1) is 31.8 Å². The van der Waals surface area contributed by atoms with Crippen LogP contribution in [0.15, 0.2) is 97.6 Å². The van der Waals surface area contributed by atoms with Crippen molar-refractivity contribution in [1.29, 1.82) is 5.26 Å². The van der Waals surface area contributed by atoms with E-state index in [1.807, 2.05) is 31.2 Å². The molecule has 56 heavy (non-hydrogen) atoms. The van der Waals surface area contributed by atoms with E-state index >= 15 is 0 Å². The molecule has 0 aliphatic carbocycles. The molecule has 0 unspecified atom stereocenters. The Labute approximate surface area is 334 Å². The second kappa shape index (κ2) is 18.2. The van der Waals surface area contributed by atoms with E-state index in [4.69, 9.17) is 53.5 Å². The zero-order valence-electron chi connectivity index (χ0n) is 30.6. The summed E-state index contributed by atoms with van der Waals surface area (Å²) in [5, 5.41) is 9.82. The Hall–Kier alpha value is -6.59. The molecule has 0 atom stereocenters. The molecule has 0 bridgehead atoms. The highest BCUT2D eigenvalue weighted by Gasteiger charge is 2.17. The molecule has 6 rings (SSSR count). The van der Waals surface area contributed by atoms with E-state index in [2.05, 4.69) is 39.9 Å². The fourth-order valence-corrected chi connectivity index (χ4v) is 6.35. The topological polar surface area (TPSA) is 117 Å². The fraction of sp³-hybridized carbons (Fsp3) is 0.159. The predicted molar refractivity (Wildman–Crippen MR) is 213 cm³/mol. The van der Waals surface area contributed by atoms with E-state index in [1.165, 1.54) is 25.6 Å². The largest absolute Gasteiger partial charge is 0.493 e. The lowest BCUT2D eigenvalue weighted by molar-refractivity contribution is 0.111. The van der Waals surface area contributed by atoms with Crippen LogP contribution in [0.4, 0.5) is 5.69 Å². The van der Waals surface area contributed by atoms with E-state index in [0.717, 1.165) is 38.9 Å². The third-order valence-corrected chi connectivity index (χ3v) is 9.57. The summed E-state index contributed by atoms with van der Waals surface area (Å²) in [5.74, 6) is 1.95. The number of hydrogen-bond acceptors (Lipinski definition) is 9. The van der Waals surface area contributed by atoms with Crippen LogP contribution >= 0.6 is 23.2 Å². The number of carbonyl (C=O) groups is 1. The molecule has 0 fully saturated rings. The Morgan fingerprint density at radius 3 is 1.84 bits per heavy atom. The zero-order valence-corrected chi connectivity index (χ0v) is 32.1. The van der Waals surface area contributed by atoms with Gasteiger partial charge in [0.1, 0.15) is 49.7 Å². The quantitative estimate of drug-likeness (QED) is 0.0740. The summed E-state index contributed by atoms with van der Waals surface area (Å²) in [4.78, 5) is 23.4. The summed E-state index contributed by atoms with van der Waals surface area (Å²) < 4.78 is 29.9. The molecule has 0 N–H and O–H groups in total. The maximum atomic E-state index is 11.8. The highest BCUT2D eigenvalue weighted by Crippen LogP contribution is 2.39. The van der Waals surface area contributed by atoms with Crippen molar-refractivity contribution >= 4 is 35.2 Å². The summed E-state index contributed by atoms with van der Waals surface area (Å²) in [6.45, 7) is 12.0. The Kier molecular flexibility index (Phi) is 12.7. The van der Waals surface area contributed by atoms with Crippen molar-refractivity contribution < 1.29 is 28.5 Å². The number of benzene rings is 4. The summed E-state index contributed by atoms with van der Waals surface area (Å²) in [5.41, 5.74) is 8.53. The van der Waals surface area contributed by atoms with Gasteiger partial charge in [0, 0.05) is 48.5 Å². The van der Waals surface area contributed by atoms with Crippen molar-refractivity contribution in [2.75, 3.05) is 7.11 Å². The second-order valence-corrected chi connectivity index (χ2v) is 13.4. The Morgan fingerprint density at radius 2 is 1.25 bits per heavy atom. The van der Waals surface area contributed by atoms with E-state index in [-0.39, 0.29) is 37.0 Å². The monoisotopic (exact) mass is 784 g/mol. The molecule has 10 nitrogen and oxygen atoms in total. The zero-order chi connectivity index (χ0) is 39.6. The third-order valence-electron chi connectivity index (χ3n) is 8.98. The summed E-state index contributed by atoms with van der Waals surface area (Å²) in [6.07, 6.45) is 6.87. The van der Waals surface area contributed by atoms with E-state index in [1.54, 1.807) is 42.7 Å². The first-order valence-corrected chi connectivity index (χ1v) is 18.0. The molecule has 2 heterocycles. The maximum Gasteiger partial charge on any atom is 0.205 e. The number of aromatic nitrogens is 2. The average Bonchev–Trinajstić information content (AvgIpc) is 3.22. The number of carbonyl (C=O) groups excluding carboxylic acids is 1. The average molecular weight is 786 g/mol. The van der Waals surface area contributed by atoms with Crippen LogP contribution in [-0.4, -0.2) is 23.4 Å². The maximum absolute atomic E-state index is 11.8. The van der Waals surface area contributed by atoms with E-state index in [9.17, 15) is 10.1 Å². The summed E-state index contributed by atoms with van der Waals surface area (Å²) in [6, 6.07) is 24.0. The lowest BCUT2D eigenvalue weighted by Crippen LogP contribution is -2.04. The van der Waals surface area contributed by atoms with Crippen molar-refractivity contribution in [1.82, 2.24) is 9.97 Å². The minimum absolute atomic E-state index is 0.0941. The molecular weight excluding hydrogens is 751 g/mol. The molecule has 280 valence electrons. The van der Waals surface area contributed by atoms with Crippen LogP contribution in [0.5, 0.6) is 28.7 Å². The van der Waals surface area contributed by atoms with Crippen molar-refractivity contribution in [2.45, 2.75) is 40.3 Å². The standard InChI is InChI=1S/C44H34Cl2N4O6/c1-27-32(25-55-41-15-40(34(22-51)13-38(41)45)53-23-30-11-29(17-47)18-49-19-30)7-5-9-36(27)37-10-6-8-33(28(37)2)26-56-42-16-44(43(52-4)14-39(42)46)54-24-31-12-35(48-3)21-50-20-31/h5-16,18-22H,23-26H2,1-2,4H3. The number of rotatable bonds is 15. The van der Waals surface area contributed by atoms with Crippen LogP contribution in [0.2, 0.25) is 10.0 Å². The number of ether oxygens (including phenoxy) is 5. The molecule has 0 amide bonds. The Balaban J connectivity index is 1.16. The number of hydrogen-bond donors (Lipinski definition) is 0. The van der Waals surface area contributed by atoms with Gasteiger partial charge in [-0.3, -0.25) is 14.8 Å². The van der Waals surface area contributed by atoms with Gasteiger partial charge in [-0.15, -0.1) is 0 Å². The number of halogens is 2. The summed E-state index contributed by atoms with van der Waals surface area (Å²) >= 11 is 13.1. The van der Waals surface area contributed by atoms with Gasteiger partial charge in [-0.05, 0) is 71.0 Å². The van der Waals surface area contributed by atoms with Gasteiger partial charge in [0.2, 0.25) is 5.69 Å². The second-order valence-electron chi connectivity index (χ2n) is 12.6. The van der Waals surface area contributed by atoms with Crippen molar-refractivity contribution in [3.63, 3.8) is 0 Å². The molecular formula is C44H34Cl2N4O6. The Bertz CT molecular complexity index is 2490. The molecule has 6 aromatic rings. The lowest BCUT2D eigenvalue weighted by Gasteiger charge is -2.18. The molecule has 0 aliphatic rings. The first-order chi connectivity index (χ1) is 27.2. The number of nitrogens with zero attached hydrogens (tertiary/aromatic N) is 4. The van der Waals surface area contributed by atoms with Gasteiger partial charge in [-0.1, -0.05) is 59.6 Å². The number of aldehydes is 1. The predicted octanol–water partition coefficient (Wildman–Crippen LogP) is 10.6. The third kappa shape index (κ3) is 9.19. The van der Waals surface area contributed by atoms with Gasteiger partial charge in [0.15, 0.2) is 17.8 Å². The fourth-order valence-electron chi connectivity index (χ4n) is 5.92. The van der Waals surface area contributed by atoms with Crippen LogP contribution < -0.4 is 23.7 Å². The number of nitriles is 1. The summed E-state index contributed by atoms with van der Waals surface area (Å²) in [7, 11) is 1.53. The number of pyridine rings is 2. The van der Waals surface area contributed by atoms with E-state index in [0.29, 0.717) is 56.9 Å². The normalized spacial score (nSPS) is 10.6. The molecule has 0 saturated carbocycles. The van der Waals surface area contributed by atoms with Gasteiger partial charge >= 0.3 is 0 Å². The van der Waals surface area contributed by atoms with Crippen LogP contribution in [-0.2, 0) is 26.4 Å². The highest BCUT2D eigenvalue weighted by atomic mass is 35.5. The van der Waals surface area contributed by atoms with Gasteiger partial charge < -0.3 is 23.7 Å². The Morgan fingerprint density at radius 1 is 0.696 bits per heavy atom. The molecule has 2 aromatic heterocycles. The van der Waals surface area contributed by atoms with Crippen LogP contribution in [0.3, 0.4) is 0 Å². The molecule has 0 spiro atoms. The van der Waals surface area contributed by atoms with Crippen LogP contribution in [0.1, 0.15) is 49.3 Å². The molecule has 0 radical (unpaired) electrons. The highest BCUT2D eigenvalue weighted by molar-refractivity contribution is 6.32. The van der Waals surface area contributed by atoms with Gasteiger partial charge in [0.05, 0.1) is 34.9 Å². The van der Waals surface area contributed by atoms with Crippen molar-refractivity contribution in [2.24, 2.45) is 0 Å². The van der Waals surface area contributed by atoms with Gasteiger partial charge in [-0.2, -0.15) is 5.26 Å². The van der Waals surface area contributed by atoms with Crippen molar-refractivity contribution in [3.8, 4) is 45.9 Å². The first kappa shape index (κ1) is 39.1. The van der Waals surface area contributed by atoms with E-state index < -0.39 is 0 Å². The van der Waals surface area contributed by atoms with Crippen molar-refractivity contribution in [3.05, 3.63) is 164 Å². The molecule has 12 heteroatoms. The number of methoxy groups -OCH3 is 1. The smallest absolute Gasteiger partial charge is 0.205 e.